The minimum atomic E-state index is -1.02. The maximum Gasteiger partial charge on any atom is 0.326 e. The third kappa shape index (κ3) is 8.38. The fourth-order valence-electron chi connectivity index (χ4n) is 6.12. The van der Waals surface area contributed by atoms with Crippen LogP contribution in [0.5, 0.6) is 5.75 Å². The van der Waals surface area contributed by atoms with Gasteiger partial charge in [0.15, 0.2) is 5.78 Å². The van der Waals surface area contributed by atoms with Crippen molar-refractivity contribution >= 4 is 23.3 Å². The number of aliphatic carboxylic acids is 1. The molecular formula is C38H40N2O5. The molecule has 0 radical (unpaired) electrons. The van der Waals surface area contributed by atoms with Gasteiger partial charge in [-0.1, -0.05) is 104 Å². The second-order valence-corrected chi connectivity index (χ2v) is 11.7. The van der Waals surface area contributed by atoms with Crippen molar-refractivity contribution in [1.82, 2.24) is 5.32 Å². The van der Waals surface area contributed by atoms with Gasteiger partial charge in [0.25, 0.3) is 0 Å². The molecule has 1 fully saturated rings. The summed E-state index contributed by atoms with van der Waals surface area (Å²) < 4.78 is 5.90. The normalized spacial score (nSPS) is 14.6. The number of para-hydroxylation sites is 1. The maximum absolute atomic E-state index is 13.4. The van der Waals surface area contributed by atoms with Gasteiger partial charge in [0.1, 0.15) is 18.4 Å². The lowest BCUT2D eigenvalue weighted by Gasteiger charge is -2.36. The van der Waals surface area contributed by atoms with Crippen molar-refractivity contribution in [3.05, 3.63) is 131 Å². The molecule has 0 aliphatic heterocycles. The van der Waals surface area contributed by atoms with E-state index in [0.717, 1.165) is 37.7 Å². The van der Waals surface area contributed by atoms with Crippen molar-refractivity contribution in [2.24, 2.45) is 5.41 Å². The van der Waals surface area contributed by atoms with Crippen LogP contribution in [0.3, 0.4) is 0 Å². The van der Waals surface area contributed by atoms with Gasteiger partial charge >= 0.3 is 5.97 Å². The van der Waals surface area contributed by atoms with Gasteiger partial charge in [-0.15, -0.1) is 0 Å². The number of carboxylic acid groups (broad SMARTS) is 1. The first-order valence-electron chi connectivity index (χ1n) is 15.7. The van der Waals surface area contributed by atoms with Crippen LogP contribution in [-0.4, -0.2) is 42.0 Å². The van der Waals surface area contributed by atoms with Crippen LogP contribution in [0.15, 0.2) is 109 Å². The molecule has 1 saturated carbocycles. The van der Waals surface area contributed by atoms with E-state index in [1.165, 1.54) is 12.0 Å². The van der Waals surface area contributed by atoms with Gasteiger partial charge in [-0.05, 0) is 54.7 Å². The van der Waals surface area contributed by atoms with Gasteiger partial charge in [-0.2, -0.15) is 0 Å². The molecule has 3 N–H and O–H groups in total. The zero-order chi connectivity index (χ0) is 31.5. The van der Waals surface area contributed by atoms with Gasteiger partial charge in [0.05, 0.1) is 12.0 Å². The summed E-state index contributed by atoms with van der Waals surface area (Å²) in [5.74, 6) is -0.450. The SMILES string of the molecule is O=C(c1ccccc1)c1ccccc1NC(Cc1ccc(OCCNC(=O)C2(Cc3ccccc3)CCCCC2)cc1)C(=O)O. The number of carbonyl (C=O) groups excluding carboxylic acids is 2. The minimum Gasteiger partial charge on any atom is -0.492 e. The van der Waals surface area contributed by atoms with Crippen molar-refractivity contribution < 1.29 is 24.2 Å². The fourth-order valence-corrected chi connectivity index (χ4v) is 6.12. The minimum absolute atomic E-state index is 0.101. The Morgan fingerprint density at radius 1 is 0.756 bits per heavy atom. The molecule has 1 atom stereocenters. The summed E-state index contributed by atoms with van der Waals surface area (Å²) in [6.45, 7) is 0.737. The van der Waals surface area contributed by atoms with E-state index in [0.29, 0.717) is 35.7 Å². The van der Waals surface area contributed by atoms with Crippen molar-refractivity contribution in [1.29, 1.82) is 0 Å². The summed E-state index contributed by atoms with van der Waals surface area (Å²) >= 11 is 0. The van der Waals surface area contributed by atoms with Crippen LogP contribution < -0.4 is 15.4 Å². The van der Waals surface area contributed by atoms with Gasteiger partial charge in [0.2, 0.25) is 5.91 Å². The average Bonchev–Trinajstić information content (AvgIpc) is 3.08. The van der Waals surface area contributed by atoms with Gasteiger partial charge in [-0.3, -0.25) is 9.59 Å². The average molecular weight is 605 g/mol. The number of ketones is 1. The molecule has 5 rings (SSSR count). The van der Waals surface area contributed by atoms with E-state index in [4.69, 9.17) is 4.74 Å². The summed E-state index contributed by atoms with van der Waals surface area (Å²) in [6, 6.07) is 32.5. The molecule has 45 heavy (non-hydrogen) atoms. The highest BCUT2D eigenvalue weighted by atomic mass is 16.5. The Labute approximate surface area is 264 Å². The lowest BCUT2D eigenvalue weighted by atomic mass is 9.69. The van der Waals surface area contributed by atoms with Gasteiger partial charge in [0, 0.05) is 23.2 Å². The molecule has 4 aromatic rings. The fraction of sp³-hybridized carbons (Fsp3) is 0.289. The Bertz CT molecular complexity index is 1570. The summed E-state index contributed by atoms with van der Waals surface area (Å²) in [5, 5.41) is 16.2. The molecular weight excluding hydrogens is 564 g/mol. The first-order chi connectivity index (χ1) is 21.9. The van der Waals surface area contributed by atoms with Crippen LogP contribution in [0.2, 0.25) is 0 Å². The standard InChI is InChI=1S/C38H40N2O5/c41-35(30-14-6-2-7-15-30)32-16-8-9-17-33(32)40-34(36(42)43)26-28-18-20-31(21-19-28)45-25-24-39-37(44)38(22-10-3-11-23-38)27-29-12-4-1-5-13-29/h1-2,4-9,12-21,34,40H,3,10-11,22-27H2,(H,39,44)(H,42,43). The van der Waals surface area contributed by atoms with Crippen LogP contribution in [0.25, 0.3) is 0 Å². The van der Waals surface area contributed by atoms with Crippen LogP contribution >= 0.6 is 0 Å². The van der Waals surface area contributed by atoms with Gasteiger partial charge in [-0.25, -0.2) is 4.79 Å². The van der Waals surface area contributed by atoms with Gasteiger partial charge < -0.3 is 20.5 Å². The van der Waals surface area contributed by atoms with Crippen LogP contribution in [0, 0.1) is 5.41 Å². The molecule has 4 aromatic carbocycles. The Morgan fingerprint density at radius 3 is 2.09 bits per heavy atom. The molecule has 0 spiro atoms. The van der Waals surface area contributed by atoms with E-state index in [2.05, 4.69) is 22.8 Å². The second kappa shape index (κ2) is 15.2. The Kier molecular flexibility index (Phi) is 10.6. The molecule has 0 saturated heterocycles. The number of anilines is 1. The van der Waals surface area contributed by atoms with E-state index >= 15 is 0 Å². The highest BCUT2D eigenvalue weighted by molar-refractivity contribution is 6.12. The maximum atomic E-state index is 13.4. The molecule has 0 heterocycles. The number of hydrogen-bond acceptors (Lipinski definition) is 5. The molecule has 1 unspecified atom stereocenters. The van der Waals surface area contributed by atoms with E-state index in [-0.39, 0.29) is 23.5 Å². The molecule has 7 heteroatoms. The molecule has 1 amide bonds. The number of nitrogens with one attached hydrogen (secondary N) is 2. The number of rotatable bonds is 14. The summed E-state index contributed by atoms with van der Waals surface area (Å²) in [4.78, 5) is 38.7. The molecule has 1 aliphatic carbocycles. The number of benzene rings is 4. The molecule has 232 valence electrons. The van der Waals surface area contributed by atoms with E-state index in [1.807, 2.05) is 36.4 Å². The zero-order valence-electron chi connectivity index (χ0n) is 25.4. The summed E-state index contributed by atoms with van der Waals surface area (Å²) in [7, 11) is 0. The molecule has 0 bridgehead atoms. The third-order valence-corrected chi connectivity index (χ3v) is 8.53. The lowest BCUT2D eigenvalue weighted by molar-refractivity contribution is -0.138. The van der Waals surface area contributed by atoms with E-state index in [9.17, 15) is 19.5 Å². The van der Waals surface area contributed by atoms with Crippen molar-refractivity contribution in [3.63, 3.8) is 0 Å². The van der Waals surface area contributed by atoms with E-state index < -0.39 is 12.0 Å². The largest absolute Gasteiger partial charge is 0.492 e. The number of hydrogen-bond donors (Lipinski definition) is 3. The quantitative estimate of drug-likeness (QED) is 0.109. The first-order valence-corrected chi connectivity index (χ1v) is 15.7. The predicted octanol–water partition coefficient (Wildman–Crippen LogP) is 6.71. The zero-order valence-corrected chi connectivity index (χ0v) is 25.4. The van der Waals surface area contributed by atoms with Crippen LogP contribution in [0.1, 0.15) is 59.2 Å². The Hall–Kier alpha value is -4.91. The van der Waals surface area contributed by atoms with Crippen LogP contribution in [0.4, 0.5) is 5.69 Å². The van der Waals surface area contributed by atoms with Crippen molar-refractivity contribution in [2.45, 2.75) is 51.0 Å². The second-order valence-electron chi connectivity index (χ2n) is 11.7. The summed E-state index contributed by atoms with van der Waals surface area (Å²) in [6.07, 6.45) is 6.08. The number of amides is 1. The van der Waals surface area contributed by atoms with Crippen molar-refractivity contribution in [2.75, 3.05) is 18.5 Å². The monoisotopic (exact) mass is 604 g/mol. The van der Waals surface area contributed by atoms with Crippen LogP contribution in [-0.2, 0) is 22.4 Å². The number of carboxylic acids is 1. The summed E-state index contributed by atoms with van der Waals surface area (Å²) in [5.41, 5.74) is 3.05. The molecule has 0 aromatic heterocycles. The highest BCUT2D eigenvalue weighted by Crippen LogP contribution is 2.39. The molecule has 1 aliphatic rings. The smallest absolute Gasteiger partial charge is 0.326 e. The molecule has 7 nitrogen and oxygen atoms in total. The third-order valence-electron chi connectivity index (χ3n) is 8.53. The topological polar surface area (TPSA) is 105 Å². The Balaban J connectivity index is 1.14. The highest BCUT2D eigenvalue weighted by Gasteiger charge is 2.39. The number of ether oxygens (including phenoxy) is 1. The van der Waals surface area contributed by atoms with E-state index in [1.54, 1.807) is 60.7 Å². The lowest BCUT2D eigenvalue weighted by Crippen LogP contribution is -2.45. The van der Waals surface area contributed by atoms with Crippen molar-refractivity contribution in [3.8, 4) is 5.75 Å². The predicted molar refractivity (Wildman–Crippen MR) is 176 cm³/mol. The number of carbonyl (C=O) groups is 3. The first kappa shape index (κ1) is 31.5. The Morgan fingerprint density at radius 2 is 1.40 bits per heavy atom.